The van der Waals surface area contributed by atoms with Gasteiger partial charge in [0.25, 0.3) is 0 Å². The number of hydrogen-bond acceptors (Lipinski definition) is 5. The van der Waals surface area contributed by atoms with Gasteiger partial charge in [0.05, 0.1) is 17.6 Å². The smallest absolute Gasteiger partial charge is 0.194 e. The Morgan fingerprint density at radius 3 is 2.63 bits per heavy atom. The molecule has 0 aliphatic carbocycles. The van der Waals surface area contributed by atoms with E-state index in [1.54, 1.807) is 11.3 Å². The summed E-state index contributed by atoms with van der Waals surface area (Å²) in [6.07, 6.45) is 0.611. The molecule has 3 heterocycles. The van der Waals surface area contributed by atoms with Crippen LogP contribution in [0.1, 0.15) is 18.1 Å². The molecular formula is C23H33N5OS. The van der Waals surface area contributed by atoms with Gasteiger partial charge in [-0.1, -0.05) is 24.3 Å². The highest BCUT2D eigenvalue weighted by molar-refractivity contribution is 7.14. The molecule has 0 spiro atoms. The van der Waals surface area contributed by atoms with Crippen LogP contribution in [0.2, 0.25) is 0 Å². The van der Waals surface area contributed by atoms with E-state index in [0.29, 0.717) is 13.1 Å². The van der Waals surface area contributed by atoms with Gasteiger partial charge < -0.3 is 20.2 Å². The third-order valence-corrected chi connectivity index (χ3v) is 6.79. The number of rotatable bonds is 6. The molecule has 1 aromatic heterocycles. The maximum Gasteiger partial charge on any atom is 0.194 e. The van der Waals surface area contributed by atoms with E-state index in [0.717, 1.165) is 58.2 Å². The maximum atomic E-state index is 10.6. The minimum absolute atomic E-state index is 0.436. The van der Waals surface area contributed by atoms with Crippen molar-refractivity contribution in [1.29, 1.82) is 0 Å². The highest BCUT2D eigenvalue weighted by Crippen LogP contribution is 2.22. The van der Waals surface area contributed by atoms with Crippen molar-refractivity contribution in [2.75, 3.05) is 57.3 Å². The number of benzene rings is 1. The number of aliphatic hydroxyl groups excluding tert-OH is 1. The molecule has 2 N–H and O–H groups in total. The number of fused-ring (bicyclic) bond motifs is 1. The highest BCUT2D eigenvalue weighted by atomic mass is 32.1. The summed E-state index contributed by atoms with van der Waals surface area (Å²) in [5.74, 6) is 0.923. The largest absolute Gasteiger partial charge is 0.390 e. The van der Waals surface area contributed by atoms with Crippen molar-refractivity contribution in [3.63, 3.8) is 0 Å². The van der Waals surface area contributed by atoms with Gasteiger partial charge in [-0.15, -0.1) is 11.3 Å². The van der Waals surface area contributed by atoms with Crippen LogP contribution in [0, 0.1) is 0 Å². The maximum absolute atomic E-state index is 10.6. The van der Waals surface area contributed by atoms with E-state index in [2.05, 4.69) is 68.7 Å². The second-order valence-electron chi connectivity index (χ2n) is 8.03. The number of aliphatic imine (C=N–C) groups is 1. The zero-order valence-corrected chi connectivity index (χ0v) is 18.7. The van der Waals surface area contributed by atoms with Crippen molar-refractivity contribution < 1.29 is 5.11 Å². The molecule has 1 saturated heterocycles. The second-order valence-corrected chi connectivity index (χ2v) is 8.95. The molecule has 1 fully saturated rings. The molecule has 1 aromatic carbocycles. The Bertz CT molecular complexity index is 817. The Morgan fingerprint density at radius 2 is 1.90 bits per heavy atom. The summed E-state index contributed by atoms with van der Waals surface area (Å²) in [6.45, 7) is 9.86. The lowest BCUT2D eigenvalue weighted by Gasteiger charge is -2.37. The third-order valence-electron chi connectivity index (χ3n) is 5.86. The number of guanidine groups is 1. The normalized spacial score (nSPS) is 18.9. The van der Waals surface area contributed by atoms with Crippen molar-refractivity contribution in [3.05, 3.63) is 52.9 Å². The summed E-state index contributed by atoms with van der Waals surface area (Å²) < 4.78 is 0. The van der Waals surface area contributed by atoms with Crippen LogP contribution >= 0.6 is 11.3 Å². The SMILES string of the molecule is CCNC(=NCC(O)CN1CCc2ccccc2C1)N1CCN(c2cccs2)CC1. The lowest BCUT2D eigenvalue weighted by Crippen LogP contribution is -2.52. The summed E-state index contributed by atoms with van der Waals surface area (Å²) in [4.78, 5) is 11.9. The van der Waals surface area contributed by atoms with Crippen LogP contribution in [0.4, 0.5) is 5.00 Å². The fourth-order valence-corrected chi connectivity index (χ4v) is 5.06. The van der Waals surface area contributed by atoms with Crippen molar-refractivity contribution in [1.82, 2.24) is 15.1 Å². The Kier molecular flexibility index (Phi) is 7.25. The standard InChI is InChI=1S/C23H33N5OS/c1-2-24-23(28-13-11-27(12-14-28)22-8-5-15-30-22)25-16-21(29)18-26-10-9-19-6-3-4-7-20(19)17-26/h3-8,15,21,29H,2,9-14,16-18H2,1H3,(H,24,25). The van der Waals surface area contributed by atoms with Gasteiger partial charge in [0.15, 0.2) is 5.96 Å². The van der Waals surface area contributed by atoms with Gasteiger partial charge in [0.1, 0.15) is 0 Å². The van der Waals surface area contributed by atoms with Crippen LogP contribution in [0.5, 0.6) is 0 Å². The molecule has 6 nitrogen and oxygen atoms in total. The Hall–Kier alpha value is -2.09. The van der Waals surface area contributed by atoms with Crippen molar-refractivity contribution in [2.24, 2.45) is 4.99 Å². The fraction of sp³-hybridized carbons (Fsp3) is 0.522. The monoisotopic (exact) mass is 427 g/mol. The van der Waals surface area contributed by atoms with Crippen LogP contribution < -0.4 is 10.2 Å². The first-order valence-electron chi connectivity index (χ1n) is 11.0. The minimum Gasteiger partial charge on any atom is -0.390 e. The average Bonchev–Trinajstić information content (AvgIpc) is 3.32. The van der Waals surface area contributed by atoms with Crippen LogP contribution in [-0.4, -0.2) is 79.3 Å². The number of anilines is 1. The fourth-order valence-electron chi connectivity index (χ4n) is 4.27. The third kappa shape index (κ3) is 5.33. The van der Waals surface area contributed by atoms with Crippen molar-refractivity contribution in [3.8, 4) is 0 Å². The van der Waals surface area contributed by atoms with Crippen LogP contribution in [0.3, 0.4) is 0 Å². The molecule has 30 heavy (non-hydrogen) atoms. The molecule has 0 amide bonds. The van der Waals surface area contributed by atoms with Gasteiger partial charge >= 0.3 is 0 Å². The molecular weight excluding hydrogens is 394 g/mol. The van der Waals surface area contributed by atoms with Gasteiger partial charge in [0, 0.05) is 52.4 Å². The van der Waals surface area contributed by atoms with Crippen LogP contribution in [0.25, 0.3) is 0 Å². The van der Waals surface area contributed by atoms with Crippen LogP contribution in [0.15, 0.2) is 46.8 Å². The van der Waals surface area contributed by atoms with E-state index in [9.17, 15) is 5.11 Å². The number of nitrogens with one attached hydrogen (secondary N) is 1. The van der Waals surface area contributed by atoms with Crippen molar-refractivity contribution >= 4 is 22.3 Å². The molecule has 4 rings (SSSR count). The molecule has 0 bridgehead atoms. The Balaban J connectivity index is 1.28. The molecule has 2 aliphatic heterocycles. The van der Waals surface area contributed by atoms with E-state index in [4.69, 9.17) is 4.99 Å². The summed E-state index contributed by atoms with van der Waals surface area (Å²) in [7, 11) is 0. The zero-order valence-electron chi connectivity index (χ0n) is 17.8. The molecule has 1 atom stereocenters. The summed E-state index contributed by atoms with van der Waals surface area (Å²) >= 11 is 1.80. The molecule has 1 unspecified atom stereocenters. The zero-order chi connectivity index (χ0) is 20.8. The number of thiophene rings is 1. The molecule has 7 heteroatoms. The lowest BCUT2D eigenvalue weighted by molar-refractivity contribution is 0.111. The van der Waals surface area contributed by atoms with E-state index in [1.807, 2.05) is 0 Å². The van der Waals surface area contributed by atoms with Gasteiger partial charge in [-0.05, 0) is 42.0 Å². The van der Waals surface area contributed by atoms with E-state index in [-0.39, 0.29) is 0 Å². The predicted molar refractivity (Wildman–Crippen MR) is 126 cm³/mol. The molecule has 2 aromatic rings. The predicted octanol–water partition coefficient (Wildman–Crippen LogP) is 2.25. The molecule has 162 valence electrons. The first-order chi connectivity index (χ1) is 14.7. The lowest BCUT2D eigenvalue weighted by atomic mass is 10.00. The van der Waals surface area contributed by atoms with Crippen molar-refractivity contribution in [2.45, 2.75) is 26.0 Å². The number of hydrogen-bond donors (Lipinski definition) is 2. The second kappa shape index (κ2) is 10.3. The van der Waals surface area contributed by atoms with E-state index in [1.165, 1.54) is 16.1 Å². The number of aliphatic hydroxyl groups is 1. The van der Waals surface area contributed by atoms with Gasteiger partial charge in [0.2, 0.25) is 0 Å². The molecule has 0 radical (unpaired) electrons. The van der Waals surface area contributed by atoms with Gasteiger partial charge in [-0.3, -0.25) is 9.89 Å². The van der Waals surface area contributed by atoms with Crippen LogP contribution in [-0.2, 0) is 13.0 Å². The Morgan fingerprint density at radius 1 is 1.10 bits per heavy atom. The first kappa shape index (κ1) is 21.2. The molecule has 0 saturated carbocycles. The number of β-amino-alcohol motifs (C(OH)–C–C–N with tert-alkyl or cyclic N) is 1. The van der Waals surface area contributed by atoms with Gasteiger partial charge in [-0.2, -0.15) is 0 Å². The summed E-state index contributed by atoms with van der Waals surface area (Å²) in [5.41, 5.74) is 2.83. The highest BCUT2D eigenvalue weighted by Gasteiger charge is 2.21. The molecule has 2 aliphatic rings. The van der Waals surface area contributed by atoms with Gasteiger partial charge in [-0.25, -0.2) is 0 Å². The number of nitrogens with zero attached hydrogens (tertiary/aromatic N) is 4. The Labute approximate surface area is 183 Å². The minimum atomic E-state index is -0.448. The van der Waals surface area contributed by atoms with E-state index >= 15 is 0 Å². The summed E-state index contributed by atoms with van der Waals surface area (Å²) in [5, 5.41) is 17.5. The summed E-state index contributed by atoms with van der Waals surface area (Å²) in [6, 6.07) is 12.9. The topological polar surface area (TPSA) is 54.3 Å². The first-order valence-corrected chi connectivity index (χ1v) is 11.9. The quantitative estimate of drug-likeness (QED) is 0.547. The number of piperazine rings is 1. The van der Waals surface area contributed by atoms with E-state index < -0.39 is 6.10 Å². The average molecular weight is 428 g/mol.